The molecule has 1 aliphatic rings. The number of benzene rings is 1. The molecule has 1 aromatic carbocycles. The van der Waals surface area contributed by atoms with Crippen LogP contribution >= 0.6 is 46.1 Å². The number of carbonyl (C=O) groups is 1. The number of aryl methyl sites for hydroxylation is 1. The van der Waals surface area contributed by atoms with E-state index in [0.717, 1.165) is 24.8 Å². The number of anilines is 1. The van der Waals surface area contributed by atoms with E-state index in [1.165, 1.54) is 16.2 Å². The molecule has 3 rings (SSSR count). The van der Waals surface area contributed by atoms with Crippen LogP contribution in [0, 0.1) is 11.3 Å². The quantitative estimate of drug-likeness (QED) is 0.520. The highest BCUT2D eigenvalue weighted by Gasteiger charge is 2.36. The Kier molecular flexibility index (Phi) is 6.07. The third-order valence-corrected chi connectivity index (χ3v) is 6.14. The molecule has 27 heavy (non-hydrogen) atoms. The van der Waals surface area contributed by atoms with Crippen LogP contribution in [0.5, 0.6) is 5.75 Å². The Bertz CT molecular complexity index is 885. The summed E-state index contributed by atoms with van der Waals surface area (Å²) in [6.07, 6.45) is 1.83. The van der Waals surface area contributed by atoms with Crippen molar-refractivity contribution < 1.29 is 9.53 Å². The molecule has 0 bridgehead atoms. The molecular weight excluding hydrogens is 429 g/mol. The Balaban J connectivity index is 1.81. The molecule has 0 saturated heterocycles. The summed E-state index contributed by atoms with van der Waals surface area (Å²) in [5, 5.41) is 15.8. The Morgan fingerprint density at radius 3 is 2.59 bits per heavy atom. The first-order valence-electron chi connectivity index (χ1n) is 8.16. The fourth-order valence-electron chi connectivity index (χ4n) is 2.91. The van der Waals surface area contributed by atoms with Crippen molar-refractivity contribution >= 4 is 57.0 Å². The second-order valence-electron chi connectivity index (χ2n) is 5.99. The summed E-state index contributed by atoms with van der Waals surface area (Å²) in [4.78, 5) is 13.7. The average molecular weight is 445 g/mol. The molecule has 0 radical (unpaired) electrons. The van der Waals surface area contributed by atoms with Gasteiger partial charge in [0.25, 0.3) is 5.91 Å². The van der Waals surface area contributed by atoms with Crippen LogP contribution in [0.25, 0.3) is 0 Å². The maximum Gasteiger partial charge on any atom is 0.252 e. The third kappa shape index (κ3) is 4.44. The summed E-state index contributed by atoms with van der Waals surface area (Å²) in [5.74, 6) is 0.221. The van der Waals surface area contributed by atoms with Crippen molar-refractivity contribution in [1.82, 2.24) is 5.32 Å². The number of ether oxygens (including phenoxy) is 1. The van der Waals surface area contributed by atoms with Crippen LogP contribution in [0.4, 0.5) is 5.00 Å². The molecule has 2 N–H and O–H groups in total. The molecule has 1 amide bonds. The van der Waals surface area contributed by atoms with Gasteiger partial charge in [0.2, 0.25) is 3.79 Å². The largest absolute Gasteiger partial charge is 0.497 e. The molecular formula is C18H16Cl3N3O2S. The zero-order chi connectivity index (χ0) is 19.6. The van der Waals surface area contributed by atoms with Crippen LogP contribution in [0.2, 0.25) is 0 Å². The van der Waals surface area contributed by atoms with Gasteiger partial charge in [-0.15, -0.1) is 11.3 Å². The molecule has 1 heterocycles. The minimum atomic E-state index is -1.82. The highest BCUT2D eigenvalue weighted by Crippen LogP contribution is 2.40. The fourth-order valence-corrected chi connectivity index (χ4v) is 4.51. The number of hydrogen-bond acceptors (Lipinski definition) is 5. The first-order valence-corrected chi connectivity index (χ1v) is 10.1. The summed E-state index contributed by atoms with van der Waals surface area (Å²) in [6.45, 7) is 0. The van der Waals surface area contributed by atoms with E-state index in [1.54, 1.807) is 31.4 Å². The molecule has 0 spiro atoms. The van der Waals surface area contributed by atoms with E-state index in [0.29, 0.717) is 21.9 Å². The number of amides is 1. The SMILES string of the molecule is COc1ccc(C(=O)NC(Nc2sc3c(c2C#N)CCC3)C(Cl)(Cl)Cl)cc1. The highest BCUT2D eigenvalue weighted by atomic mass is 35.6. The molecule has 2 aromatic rings. The van der Waals surface area contributed by atoms with Crippen LogP contribution < -0.4 is 15.4 Å². The molecule has 1 atom stereocenters. The molecule has 5 nitrogen and oxygen atoms in total. The number of alkyl halides is 3. The van der Waals surface area contributed by atoms with Crippen LogP contribution in [0.3, 0.4) is 0 Å². The molecule has 1 aromatic heterocycles. The van der Waals surface area contributed by atoms with Gasteiger partial charge in [-0.25, -0.2) is 0 Å². The van der Waals surface area contributed by atoms with Crippen LogP contribution in [0.15, 0.2) is 24.3 Å². The Labute approximate surface area is 176 Å². The number of hydrogen-bond donors (Lipinski definition) is 2. The minimum absolute atomic E-state index is 0.394. The second-order valence-corrected chi connectivity index (χ2v) is 9.47. The summed E-state index contributed by atoms with van der Waals surface area (Å²) in [6, 6.07) is 8.79. The number of methoxy groups -OCH3 is 1. The second kappa shape index (κ2) is 8.15. The standard InChI is InChI=1S/C18H16Cl3N3O2S/c1-26-11-7-5-10(6-8-11)15(25)23-17(18(19,20)21)24-16-13(9-22)12-3-2-4-14(12)27-16/h5-8,17,24H,2-4H2,1H3,(H,23,25). The molecule has 142 valence electrons. The molecule has 9 heteroatoms. The Hall–Kier alpha value is -1.65. The van der Waals surface area contributed by atoms with Crippen molar-refractivity contribution in [3.63, 3.8) is 0 Å². The van der Waals surface area contributed by atoms with Crippen LogP contribution in [-0.4, -0.2) is 23.0 Å². The third-order valence-electron chi connectivity index (χ3n) is 4.26. The lowest BCUT2D eigenvalue weighted by Gasteiger charge is -2.27. The summed E-state index contributed by atoms with van der Waals surface area (Å²) < 4.78 is 3.27. The number of thiophene rings is 1. The lowest BCUT2D eigenvalue weighted by Crippen LogP contribution is -2.49. The monoisotopic (exact) mass is 443 g/mol. The van der Waals surface area contributed by atoms with E-state index in [4.69, 9.17) is 39.5 Å². The van der Waals surface area contributed by atoms with Gasteiger partial charge in [0, 0.05) is 10.4 Å². The number of carbonyl (C=O) groups excluding carboxylic acids is 1. The number of nitriles is 1. The molecule has 0 fully saturated rings. The van der Waals surface area contributed by atoms with Gasteiger partial charge >= 0.3 is 0 Å². The number of nitrogens with one attached hydrogen (secondary N) is 2. The maximum absolute atomic E-state index is 12.6. The zero-order valence-electron chi connectivity index (χ0n) is 14.3. The molecule has 0 aliphatic heterocycles. The van der Waals surface area contributed by atoms with Gasteiger partial charge in [-0.1, -0.05) is 34.8 Å². The van der Waals surface area contributed by atoms with Gasteiger partial charge in [-0.05, 0) is 49.1 Å². The number of nitrogens with zero attached hydrogens (tertiary/aromatic N) is 1. The average Bonchev–Trinajstić information content (AvgIpc) is 3.20. The van der Waals surface area contributed by atoms with Crippen LogP contribution in [0.1, 0.15) is 32.8 Å². The normalized spacial score (nSPS) is 14.2. The topological polar surface area (TPSA) is 74.2 Å². The summed E-state index contributed by atoms with van der Waals surface area (Å²) in [5.41, 5.74) is 2.01. The summed E-state index contributed by atoms with van der Waals surface area (Å²) >= 11 is 19.7. The number of rotatable bonds is 5. The van der Waals surface area contributed by atoms with Crippen molar-refractivity contribution in [3.8, 4) is 11.8 Å². The number of fused-ring (bicyclic) bond motifs is 1. The van der Waals surface area contributed by atoms with Crippen molar-refractivity contribution in [2.24, 2.45) is 0 Å². The Morgan fingerprint density at radius 1 is 1.30 bits per heavy atom. The summed E-state index contributed by atoms with van der Waals surface area (Å²) in [7, 11) is 1.54. The molecule has 1 unspecified atom stereocenters. The van der Waals surface area contributed by atoms with Gasteiger partial charge in [0.05, 0.1) is 12.7 Å². The highest BCUT2D eigenvalue weighted by molar-refractivity contribution is 7.16. The van der Waals surface area contributed by atoms with E-state index < -0.39 is 15.9 Å². The van der Waals surface area contributed by atoms with Gasteiger partial charge in [0.15, 0.2) is 0 Å². The molecule has 1 aliphatic carbocycles. The maximum atomic E-state index is 12.6. The van der Waals surface area contributed by atoms with E-state index >= 15 is 0 Å². The van der Waals surface area contributed by atoms with Gasteiger partial charge in [-0.2, -0.15) is 5.26 Å². The smallest absolute Gasteiger partial charge is 0.252 e. The fraction of sp³-hybridized carbons (Fsp3) is 0.333. The van der Waals surface area contributed by atoms with E-state index in [9.17, 15) is 10.1 Å². The van der Waals surface area contributed by atoms with E-state index in [1.807, 2.05) is 0 Å². The van der Waals surface area contributed by atoms with Gasteiger partial charge in [-0.3, -0.25) is 4.79 Å². The predicted octanol–water partition coefficient (Wildman–Crippen LogP) is 4.66. The van der Waals surface area contributed by atoms with Crippen LogP contribution in [-0.2, 0) is 12.8 Å². The van der Waals surface area contributed by atoms with Crippen molar-refractivity contribution in [2.45, 2.75) is 29.2 Å². The van der Waals surface area contributed by atoms with E-state index in [2.05, 4.69) is 16.7 Å². The first kappa shape index (κ1) is 20.1. The first-order chi connectivity index (χ1) is 12.8. The van der Waals surface area contributed by atoms with Crippen molar-refractivity contribution in [3.05, 3.63) is 45.8 Å². The van der Waals surface area contributed by atoms with E-state index in [-0.39, 0.29) is 0 Å². The van der Waals surface area contributed by atoms with Crippen molar-refractivity contribution in [2.75, 3.05) is 12.4 Å². The van der Waals surface area contributed by atoms with Gasteiger partial charge < -0.3 is 15.4 Å². The van der Waals surface area contributed by atoms with Gasteiger partial charge in [0.1, 0.15) is 23.0 Å². The lowest BCUT2D eigenvalue weighted by molar-refractivity contribution is 0.0942. The predicted molar refractivity (Wildman–Crippen MR) is 109 cm³/mol. The minimum Gasteiger partial charge on any atom is -0.497 e. The van der Waals surface area contributed by atoms with Crippen molar-refractivity contribution in [1.29, 1.82) is 5.26 Å². The molecule has 0 saturated carbocycles. The Morgan fingerprint density at radius 2 is 2.00 bits per heavy atom. The number of halogens is 3. The lowest BCUT2D eigenvalue weighted by atomic mass is 10.1. The zero-order valence-corrected chi connectivity index (χ0v) is 17.4.